The van der Waals surface area contributed by atoms with Crippen LogP contribution in [0, 0.1) is 5.92 Å². The fourth-order valence-corrected chi connectivity index (χ4v) is 5.90. The highest BCUT2D eigenvalue weighted by Crippen LogP contribution is 2.46. The lowest BCUT2D eigenvalue weighted by atomic mass is 9.89. The number of aromatic nitrogens is 2. The number of ketones is 1. The van der Waals surface area contributed by atoms with Crippen LogP contribution < -0.4 is 24.8 Å². The van der Waals surface area contributed by atoms with E-state index < -0.39 is 10.0 Å². The number of methoxy groups -OCH3 is 2. The van der Waals surface area contributed by atoms with Crippen molar-refractivity contribution in [3.8, 4) is 22.8 Å². The summed E-state index contributed by atoms with van der Waals surface area (Å²) < 4.78 is 42.1. The molecule has 1 fully saturated rings. The Labute approximate surface area is 255 Å². The Hall–Kier alpha value is -3.16. The lowest BCUT2D eigenvalue weighted by Crippen LogP contribution is -2.39. The summed E-state index contributed by atoms with van der Waals surface area (Å²) in [5, 5.41) is 8.57. The van der Waals surface area contributed by atoms with Gasteiger partial charge in [0.2, 0.25) is 10.0 Å². The number of carbonyl (C=O) groups excluding carboxylic acids is 1. The van der Waals surface area contributed by atoms with Gasteiger partial charge in [0, 0.05) is 54.7 Å². The van der Waals surface area contributed by atoms with E-state index in [2.05, 4.69) is 26.9 Å². The monoisotopic (exact) mass is 637 g/mol. The summed E-state index contributed by atoms with van der Waals surface area (Å²) in [4.78, 5) is 21.5. The van der Waals surface area contributed by atoms with Crippen LogP contribution in [0.15, 0.2) is 37.1 Å². The fraction of sp³-hybridized carbons (Fsp3) is 0.393. The highest BCUT2D eigenvalue weighted by Gasteiger charge is 2.28. The van der Waals surface area contributed by atoms with E-state index in [4.69, 9.17) is 42.4 Å². The van der Waals surface area contributed by atoms with Gasteiger partial charge in [-0.15, -0.1) is 0 Å². The Morgan fingerprint density at radius 1 is 1.17 bits per heavy atom. The Morgan fingerprint density at radius 2 is 1.88 bits per heavy atom. The van der Waals surface area contributed by atoms with Gasteiger partial charge >= 0.3 is 0 Å². The van der Waals surface area contributed by atoms with Crippen LogP contribution in [-0.4, -0.2) is 77.0 Å². The standard InChI is InChI=1S/C28H33Cl2N5O6S/c1-5-18(36)10-16-6-9-41-15-21(16)34-24-12-19-17(14-32-24)11-20(35-28(19)31-7-8-33-42(4,37)38)25-26(29)22(39-2)13-23(40-3)27(25)30/h5,11-14,16,21,33H,1,6-10,15H2,2-4H3,(H,31,35)(H,32,34)/t16-,21-/m1/s1. The van der Waals surface area contributed by atoms with Gasteiger partial charge in [0.15, 0.2) is 5.78 Å². The van der Waals surface area contributed by atoms with Crippen LogP contribution in [0.1, 0.15) is 12.8 Å². The number of carbonyl (C=O) groups is 1. The van der Waals surface area contributed by atoms with Crippen LogP contribution in [0.2, 0.25) is 10.0 Å². The topological polar surface area (TPSA) is 141 Å². The molecular weight excluding hydrogens is 605 g/mol. The van der Waals surface area contributed by atoms with Crippen molar-refractivity contribution in [3.63, 3.8) is 0 Å². The van der Waals surface area contributed by atoms with Crippen molar-refractivity contribution >= 4 is 61.4 Å². The predicted molar refractivity (Wildman–Crippen MR) is 166 cm³/mol. The highest BCUT2D eigenvalue weighted by atomic mass is 35.5. The maximum absolute atomic E-state index is 12.1. The van der Waals surface area contributed by atoms with E-state index in [-0.39, 0.29) is 40.9 Å². The van der Waals surface area contributed by atoms with Crippen molar-refractivity contribution in [1.29, 1.82) is 0 Å². The predicted octanol–water partition coefficient (Wildman–Crippen LogP) is 4.54. The first-order chi connectivity index (χ1) is 20.0. The van der Waals surface area contributed by atoms with Gasteiger partial charge in [-0.05, 0) is 30.5 Å². The number of nitrogens with zero attached hydrogens (tertiary/aromatic N) is 2. The molecule has 11 nitrogen and oxygen atoms in total. The van der Waals surface area contributed by atoms with Crippen LogP contribution >= 0.6 is 23.2 Å². The van der Waals surface area contributed by atoms with E-state index >= 15 is 0 Å². The number of rotatable bonds is 13. The molecule has 0 unspecified atom stereocenters. The smallest absolute Gasteiger partial charge is 0.208 e. The van der Waals surface area contributed by atoms with Crippen LogP contribution in [0.25, 0.3) is 22.0 Å². The number of hydrogen-bond donors (Lipinski definition) is 3. The summed E-state index contributed by atoms with van der Waals surface area (Å²) in [5.74, 6) is 1.79. The normalized spacial score (nSPS) is 17.1. The van der Waals surface area contributed by atoms with Crippen molar-refractivity contribution in [2.75, 3.05) is 57.4 Å². The van der Waals surface area contributed by atoms with Gasteiger partial charge in [0.25, 0.3) is 0 Å². The summed E-state index contributed by atoms with van der Waals surface area (Å²) in [6, 6.07) is 5.11. The average Bonchev–Trinajstić information content (AvgIpc) is 2.96. The molecule has 14 heteroatoms. The van der Waals surface area contributed by atoms with Gasteiger partial charge in [0.05, 0.1) is 48.9 Å². The summed E-state index contributed by atoms with van der Waals surface area (Å²) in [6.45, 7) is 4.98. The van der Waals surface area contributed by atoms with Crippen LogP contribution in [-0.2, 0) is 19.6 Å². The maximum atomic E-state index is 12.1. The average molecular weight is 639 g/mol. The van der Waals surface area contributed by atoms with Gasteiger partial charge in [-0.25, -0.2) is 23.1 Å². The number of allylic oxidation sites excluding steroid dienone is 1. The van der Waals surface area contributed by atoms with Gasteiger partial charge in [-0.2, -0.15) is 0 Å². The largest absolute Gasteiger partial charge is 0.495 e. The minimum atomic E-state index is -3.37. The molecule has 0 aliphatic carbocycles. The zero-order valence-electron chi connectivity index (χ0n) is 23.5. The Morgan fingerprint density at radius 3 is 2.52 bits per heavy atom. The molecule has 4 rings (SSSR count). The molecule has 0 saturated carbocycles. The zero-order chi connectivity index (χ0) is 30.4. The van der Waals surface area contributed by atoms with E-state index in [0.29, 0.717) is 59.4 Å². The lowest BCUT2D eigenvalue weighted by molar-refractivity contribution is -0.116. The Bertz CT molecular complexity index is 1560. The van der Waals surface area contributed by atoms with E-state index in [1.165, 1.54) is 20.3 Å². The third kappa shape index (κ3) is 7.61. The van der Waals surface area contributed by atoms with Crippen molar-refractivity contribution < 1.29 is 27.4 Å². The van der Waals surface area contributed by atoms with Gasteiger partial charge in [-0.3, -0.25) is 4.79 Å². The molecule has 0 spiro atoms. The minimum Gasteiger partial charge on any atom is -0.495 e. The van der Waals surface area contributed by atoms with E-state index in [1.54, 1.807) is 18.3 Å². The first kappa shape index (κ1) is 31.8. The van der Waals surface area contributed by atoms with E-state index in [9.17, 15) is 13.2 Å². The molecular formula is C28H33Cl2N5O6S. The second-order valence-electron chi connectivity index (χ2n) is 9.77. The van der Waals surface area contributed by atoms with Crippen LogP contribution in [0.5, 0.6) is 11.5 Å². The molecule has 1 aliphatic heterocycles. The van der Waals surface area contributed by atoms with E-state index in [0.717, 1.165) is 18.1 Å². The Balaban J connectivity index is 1.75. The number of nitrogens with one attached hydrogen (secondary N) is 3. The molecule has 0 bridgehead atoms. The van der Waals surface area contributed by atoms with Crippen molar-refractivity contribution in [2.24, 2.45) is 5.92 Å². The molecule has 3 N–H and O–H groups in total. The second kappa shape index (κ2) is 13.9. The highest BCUT2D eigenvalue weighted by molar-refractivity contribution is 7.88. The molecule has 3 aromatic rings. The molecule has 1 saturated heterocycles. The number of anilines is 2. The summed E-state index contributed by atoms with van der Waals surface area (Å²) in [6.07, 6.45) is 5.23. The van der Waals surface area contributed by atoms with E-state index in [1.807, 2.05) is 6.07 Å². The van der Waals surface area contributed by atoms with Gasteiger partial charge < -0.3 is 24.8 Å². The first-order valence-electron chi connectivity index (χ1n) is 13.1. The third-order valence-electron chi connectivity index (χ3n) is 6.85. The number of halogens is 2. The zero-order valence-corrected chi connectivity index (χ0v) is 25.8. The van der Waals surface area contributed by atoms with Gasteiger partial charge in [0.1, 0.15) is 23.1 Å². The molecule has 226 valence electrons. The number of fused-ring (bicyclic) bond motifs is 1. The number of sulfonamides is 1. The Kier molecular flexibility index (Phi) is 10.5. The lowest BCUT2D eigenvalue weighted by Gasteiger charge is -2.32. The van der Waals surface area contributed by atoms with Crippen molar-refractivity contribution in [1.82, 2.24) is 14.7 Å². The number of benzene rings is 1. The second-order valence-corrected chi connectivity index (χ2v) is 12.4. The van der Waals surface area contributed by atoms with Crippen molar-refractivity contribution in [3.05, 3.63) is 47.1 Å². The number of pyridine rings is 2. The van der Waals surface area contributed by atoms with Gasteiger partial charge in [-0.1, -0.05) is 29.8 Å². The minimum absolute atomic E-state index is 0.0161. The van der Waals surface area contributed by atoms with Crippen molar-refractivity contribution in [2.45, 2.75) is 18.9 Å². The molecule has 1 aromatic carbocycles. The first-order valence-corrected chi connectivity index (χ1v) is 15.8. The SMILES string of the molecule is C=CC(=O)C[C@H]1CCOC[C@H]1Nc1cc2c(NCCNS(C)(=O)=O)nc(-c3c(Cl)c(OC)cc(OC)c3Cl)cc2cn1. The number of hydrogen-bond acceptors (Lipinski definition) is 10. The summed E-state index contributed by atoms with van der Waals surface area (Å²) in [5.41, 5.74) is 0.837. The summed E-state index contributed by atoms with van der Waals surface area (Å²) in [7, 11) is -0.398. The maximum Gasteiger partial charge on any atom is 0.208 e. The molecule has 0 radical (unpaired) electrons. The molecule has 1 aliphatic rings. The molecule has 0 amide bonds. The summed E-state index contributed by atoms with van der Waals surface area (Å²) >= 11 is 13.4. The molecule has 42 heavy (non-hydrogen) atoms. The molecule has 2 aromatic heterocycles. The fourth-order valence-electron chi connectivity index (χ4n) is 4.73. The van der Waals surface area contributed by atoms with Crippen LogP contribution in [0.4, 0.5) is 11.6 Å². The molecule has 2 atom stereocenters. The quantitative estimate of drug-likeness (QED) is 0.181. The number of ether oxygens (including phenoxy) is 3. The molecule has 3 heterocycles. The van der Waals surface area contributed by atoms with Crippen LogP contribution in [0.3, 0.4) is 0 Å². The third-order valence-corrected chi connectivity index (χ3v) is 8.33.